The Bertz CT molecular complexity index is 652. The first kappa shape index (κ1) is 12.0. The van der Waals surface area contributed by atoms with Crippen molar-refractivity contribution in [3.8, 4) is 0 Å². The van der Waals surface area contributed by atoms with Crippen LogP contribution in [0.4, 0.5) is 5.69 Å². The van der Waals surface area contributed by atoms with Gasteiger partial charge in [0.05, 0.1) is 17.4 Å². The lowest BCUT2D eigenvalue weighted by atomic mass is 10.0. The molecule has 18 heavy (non-hydrogen) atoms. The topological polar surface area (TPSA) is 82.3 Å². The molecule has 0 amide bonds. The minimum absolute atomic E-state index is 0.0439. The van der Waals surface area contributed by atoms with Crippen molar-refractivity contribution in [2.24, 2.45) is 0 Å². The summed E-state index contributed by atoms with van der Waals surface area (Å²) in [7, 11) is 1.24. The van der Waals surface area contributed by atoms with Crippen molar-refractivity contribution in [3.63, 3.8) is 0 Å². The Hall–Kier alpha value is -2.50. The molecule has 0 saturated carbocycles. The number of esters is 1. The minimum Gasteiger partial charge on any atom is -0.464 e. The average molecular weight is 246 g/mol. The van der Waals surface area contributed by atoms with E-state index in [0.717, 1.165) is 0 Å². The molecule has 2 aromatic rings. The molecule has 0 unspecified atom stereocenters. The van der Waals surface area contributed by atoms with Crippen molar-refractivity contribution in [3.05, 3.63) is 45.8 Å². The standard InChI is InChI=1S/C12H10N2O4/c1-7-6-13-11(12(15)18-2)8-4-3-5-9(10(7)8)14(16)17/h3-6H,1-2H3. The maximum atomic E-state index is 11.6. The zero-order valence-electron chi connectivity index (χ0n) is 9.84. The zero-order valence-corrected chi connectivity index (χ0v) is 9.84. The van der Waals surface area contributed by atoms with Gasteiger partial charge in [0, 0.05) is 17.6 Å². The van der Waals surface area contributed by atoms with Crippen LogP contribution in [0.15, 0.2) is 24.4 Å². The van der Waals surface area contributed by atoms with E-state index in [0.29, 0.717) is 16.3 Å². The molecule has 1 aromatic carbocycles. The van der Waals surface area contributed by atoms with Crippen LogP contribution >= 0.6 is 0 Å². The lowest BCUT2D eigenvalue weighted by Gasteiger charge is -2.06. The summed E-state index contributed by atoms with van der Waals surface area (Å²) in [6, 6.07) is 4.54. The second kappa shape index (κ2) is 4.40. The summed E-state index contributed by atoms with van der Waals surface area (Å²) >= 11 is 0. The van der Waals surface area contributed by atoms with Crippen molar-refractivity contribution >= 4 is 22.4 Å². The largest absolute Gasteiger partial charge is 0.464 e. The smallest absolute Gasteiger partial charge is 0.357 e. The quantitative estimate of drug-likeness (QED) is 0.461. The number of nitro groups is 1. The van der Waals surface area contributed by atoms with Crippen LogP contribution in [-0.2, 0) is 4.74 Å². The molecule has 2 rings (SSSR count). The summed E-state index contributed by atoms with van der Waals surface area (Å²) in [6.45, 7) is 1.71. The Morgan fingerprint density at radius 1 is 1.44 bits per heavy atom. The summed E-state index contributed by atoms with van der Waals surface area (Å²) in [6.07, 6.45) is 1.43. The predicted molar refractivity (Wildman–Crippen MR) is 64.5 cm³/mol. The third kappa shape index (κ3) is 1.77. The second-order valence-corrected chi connectivity index (χ2v) is 3.74. The Kier molecular flexibility index (Phi) is 2.93. The fourth-order valence-corrected chi connectivity index (χ4v) is 1.86. The fraction of sp³-hybridized carbons (Fsp3) is 0.167. The Morgan fingerprint density at radius 2 is 2.17 bits per heavy atom. The van der Waals surface area contributed by atoms with E-state index in [1.54, 1.807) is 13.0 Å². The molecule has 0 aliphatic carbocycles. The molecule has 0 spiro atoms. The second-order valence-electron chi connectivity index (χ2n) is 3.74. The van der Waals surface area contributed by atoms with Gasteiger partial charge in [0.25, 0.3) is 5.69 Å². The third-order valence-electron chi connectivity index (χ3n) is 2.65. The van der Waals surface area contributed by atoms with Crippen LogP contribution in [0.5, 0.6) is 0 Å². The number of methoxy groups -OCH3 is 1. The third-order valence-corrected chi connectivity index (χ3v) is 2.65. The molecule has 92 valence electrons. The van der Waals surface area contributed by atoms with E-state index in [-0.39, 0.29) is 11.4 Å². The van der Waals surface area contributed by atoms with Crippen LogP contribution in [0.3, 0.4) is 0 Å². The monoisotopic (exact) mass is 246 g/mol. The summed E-state index contributed by atoms with van der Waals surface area (Å²) in [5.41, 5.74) is 0.685. The lowest BCUT2D eigenvalue weighted by Crippen LogP contribution is -2.06. The van der Waals surface area contributed by atoms with E-state index in [4.69, 9.17) is 0 Å². The number of benzene rings is 1. The minimum atomic E-state index is -0.611. The van der Waals surface area contributed by atoms with Gasteiger partial charge in [-0.1, -0.05) is 12.1 Å². The molecule has 1 heterocycles. The Balaban J connectivity index is 2.88. The number of pyridine rings is 1. The van der Waals surface area contributed by atoms with Gasteiger partial charge >= 0.3 is 5.97 Å². The number of rotatable bonds is 2. The number of carbonyl (C=O) groups excluding carboxylic acids is 1. The van der Waals surface area contributed by atoms with E-state index >= 15 is 0 Å². The lowest BCUT2D eigenvalue weighted by molar-refractivity contribution is -0.383. The maximum Gasteiger partial charge on any atom is 0.357 e. The van der Waals surface area contributed by atoms with E-state index in [9.17, 15) is 14.9 Å². The van der Waals surface area contributed by atoms with Crippen LogP contribution in [0, 0.1) is 17.0 Å². The predicted octanol–water partition coefficient (Wildman–Crippen LogP) is 2.24. The van der Waals surface area contributed by atoms with Crippen LogP contribution in [-0.4, -0.2) is 23.0 Å². The van der Waals surface area contributed by atoms with Crippen LogP contribution in [0.2, 0.25) is 0 Å². The highest BCUT2D eigenvalue weighted by Crippen LogP contribution is 2.29. The van der Waals surface area contributed by atoms with Crippen molar-refractivity contribution in [1.29, 1.82) is 0 Å². The number of nitro benzene ring substituents is 1. The molecular formula is C12H10N2O4. The summed E-state index contributed by atoms with van der Waals surface area (Å²) < 4.78 is 4.61. The van der Waals surface area contributed by atoms with Crippen molar-refractivity contribution < 1.29 is 14.5 Å². The highest BCUT2D eigenvalue weighted by atomic mass is 16.6. The molecule has 6 nitrogen and oxygen atoms in total. The molecule has 0 radical (unpaired) electrons. The first-order chi connectivity index (χ1) is 8.56. The fourth-order valence-electron chi connectivity index (χ4n) is 1.86. The number of aromatic nitrogens is 1. The molecule has 0 atom stereocenters. The Labute approximate surface area is 102 Å². The van der Waals surface area contributed by atoms with Gasteiger partial charge in [0.15, 0.2) is 5.69 Å². The highest BCUT2D eigenvalue weighted by molar-refractivity contribution is 6.06. The van der Waals surface area contributed by atoms with Gasteiger partial charge in [0.1, 0.15) is 0 Å². The van der Waals surface area contributed by atoms with Gasteiger partial charge < -0.3 is 4.74 Å². The number of carbonyl (C=O) groups is 1. The molecule has 6 heteroatoms. The van der Waals surface area contributed by atoms with Gasteiger partial charge in [0.2, 0.25) is 0 Å². The molecule has 0 aliphatic rings. The van der Waals surface area contributed by atoms with E-state index in [1.807, 2.05) is 0 Å². The molecular weight excluding hydrogens is 236 g/mol. The van der Waals surface area contributed by atoms with Crippen molar-refractivity contribution in [1.82, 2.24) is 4.98 Å². The highest BCUT2D eigenvalue weighted by Gasteiger charge is 2.19. The van der Waals surface area contributed by atoms with E-state index in [1.165, 1.54) is 25.4 Å². The van der Waals surface area contributed by atoms with Gasteiger partial charge in [-0.2, -0.15) is 0 Å². The number of non-ortho nitro benzene ring substituents is 1. The zero-order chi connectivity index (χ0) is 13.3. The first-order valence-corrected chi connectivity index (χ1v) is 5.17. The van der Waals surface area contributed by atoms with Crippen molar-refractivity contribution in [2.75, 3.05) is 7.11 Å². The number of hydrogen-bond donors (Lipinski definition) is 0. The van der Waals surface area contributed by atoms with E-state index in [2.05, 4.69) is 9.72 Å². The number of aryl methyl sites for hydroxylation is 1. The van der Waals surface area contributed by atoms with Crippen LogP contribution in [0.25, 0.3) is 10.8 Å². The summed E-state index contributed by atoms with van der Waals surface area (Å²) in [4.78, 5) is 26.1. The molecule has 0 fully saturated rings. The maximum absolute atomic E-state index is 11.6. The van der Waals surface area contributed by atoms with Gasteiger partial charge in [-0.3, -0.25) is 10.1 Å². The van der Waals surface area contributed by atoms with Gasteiger partial charge in [-0.25, -0.2) is 9.78 Å². The SMILES string of the molecule is COC(=O)c1ncc(C)c2c([N+](=O)[O-])cccc12. The molecule has 0 saturated heterocycles. The number of hydrogen-bond acceptors (Lipinski definition) is 5. The van der Waals surface area contributed by atoms with Crippen molar-refractivity contribution in [2.45, 2.75) is 6.92 Å². The molecule has 0 aliphatic heterocycles. The van der Waals surface area contributed by atoms with E-state index < -0.39 is 10.9 Å². The average Bonchev–Trinajstić information content (AvgIpc) is 2.37. The summed E-state index contributed by atoms with van der Waals surface area (Å²) in [5.74, 6) is -0.611. The number of nitrogens with zero attached hydrogens (tertiary/aromatic N) is 2. The normalized spacial score (nSPS) is 10.3. The van der Waals surface area contributed by atoms with Gasteiger partial charge in [-0.05, 0) is 12.5 Å². The van der Waals surface area contributed by atoms with Crippen LogP contribution < -0.4 is 0 Å². The number of ether oxygens (including phenoxy) is 1. The van der Waals surface area contributed by atoms with Gasteiger partial charge in [-0.15, -0.1) is 0 Å². The molecule has 1 aromatic heterocycles. The van der Waals surface area contributed by atoms with Crippen LogP contribution in [0.1, 0.15) is 16.1 Å². The molecule has 0 bridgehead atoms. The summed E-state index contributed by atoms with van der Waals surface area (Å²) in [5, 5.41) is 11.8. The molecule has 0 N–H and O–H groups in total. The first-order valence-electron chi connectivity index (χ1n) is 5.17. The Morgan fingerprint density at radius 3 is 2.78 bits per heavy atom. The number of fused-ring (bicyclic) bond motifs is 1.